The fourth-order valence-electron chi connectivity index (χ4n) is 3.61. The van der Waals surface area contributed by atoms with Crippen LogP contribution in [0.2, 0.25) is 5.02 Å². The highest BCUT2D eigenvalue weighted by Gasteiger charge is 2.37. The Morgan fingerprint density at radius 2 is 1.78 bits per heavy atom. The minimum absolute atomic E-state index is 0.219. The first-order valence-corrected chi connectivity index (χ1v) is 11.5. The molecule has 0 unspecified atom stereocenters. The van der Waals surface area contributed by atoms with Crippen molar-refractivity contribution in [3.05, 3.63) is 88.5 Å². The number of rotatable bonds is 7. The second-order valence-corrected chi connectivity index (χ2v) is 8.43. The highest BCUT2D eigenvalue weighted by atomic mass is 35.5. The molecule has 10 heteroatoms. The van der Waals surface area contributed by atoms with Gasteiger partial charge in [0.05, 0.1) is 18.5 Å². The number of anilines is 2. The van der Waals surface area contributed by atoms with Crippen molar-refractivity contribution in [3.8, 4) is 11.5 Å². The summed E-state index contributed by atoms with van der Waals surface area (Å²) in [6, 6.07) is 17.4. The van der Waals surface area contributed by atoms with Crippen LogP contribution < -0.4 is 25.0 Å². The van der Waals surface area contributed by atoms with Crippen LogP contribution in [0.3, 0.4) is 0 Å². The molecule has 1 aliphatic rings. The molecule has 0 atom stereocenters. The van der Waals surface area contributed by atoms with Crippen molar-refractivity contribution in [1.82, 2.24) is 5.32 Å². The molecule has 0 bridgehead atoms. The molecule has 188 valence electrons. The number of para-hydroxylation sites is 2. The average molecular weight is 520 g/mol. The number of hydrogen-bond donors (Lipinski definition) is 2. The van der Waals surface area contributed by atoms with E-state index in [9.17, 15) is 19.2 Å². The van der Waals surface area contributed by atoms with Crippen LogP contribution in [-0.2, 0) is 14.4 Å². The normalized spacial score (nSPS) is 14.4. The monoisotopic (exact) mass is 519 g/mol. The van der Waals surface area contributed by atoms with Crippen LogP contribution in [0.5, 0.6) is 11.5 Å². The number of methoxy groups -OCH3 is 1. The minimum atomic E-state index is -0.854. The van der Waals surface area contributed by atoms with E-state index in [-0.39, 0.29) is 23.8 Å². The van der Waals surface area contributed by atoms with Gasteiger partial charge in [0.15, 0.2) is 6.61 Å². The van der Waals surface area contributed by atoms with Gasteiger partial charge in [-0.25, -0.2) is 9.69 Å². The Balaban J connectivity index is 1.45. The number of nitrogens with one attached hydrogen (secondary N) is 2. The molecule has 1 heterocycles. The molecule has 1 aliphatic heterocycles. The summed E-state index contributed by atoms with van der Waals surface area (Å²) in [6.07, 6.45) is 1.37. The second kappa shape index (κ2) is 11.0. The van der Waals surface area contributed by atoms with Gasteiger partial charge < -0.3 is 14.8 Å². The first-order valence-electron chi connectivity index (χ1n) is 11.1. The molecule has 0 spiro atoms. The molecule has 3 aromatic rings. The van der Waals surface area contributed by atoms with Crippen LogP contribution in [0, 0.1) is 6.92 Å². The van der Waals surface area contributed by atoms with Gasteiger partial charge in [-0.15, -0.1) is 0 Å². The Bertz CT molecular complexity index is 1420. The number of amides is 5. The van der Waals surface area contributed by atoms with Crippen molar-refractivity contribution in [3.63, 3.8) is 0 Å². The molecule has 0 saturated carbocycles. The Kier molecular flexibility index (Phi) is 7.55. The predicted molar refractivity (Wildman–Crippen MR) is 139 cm³/mol. The number of imide groups is 2. The summed E-state index contributed by atoms with van der Waals surface area (Å²) in [7, 11) is 1.51. The molecule has 37 heavy (non-hydrogen) atoms. The van der Waals surface area contributed by atoms with E-state index in [1.807, 2.05) is 0 Å². The lowest BCUT2D eigenvalue weighted by atomic mass is 10.1. The van der Waals surface area contributed by atoms with Crippen molar-refractivity contribution in [1.29, 1.82) is 0 Å². The lowest BCUT2D eigenvalue weighted by Gasteiger charge is -2.27. The van der Waals surface area contributed by atoms with Gasteiger partial charge in [0, 0.05) is 5.02 Å². The van der Waals surface area contributed by atoms with E-state index in [0.29, 0.717) is 33.3 Å². The van der Waals surface area contributed by atoms with Crippen molar-refractivity contribution in [2.45, 2.75) is 6.92 Å². The van der Waals surface area contributed by atoms with E-state index >= 15 is 0 Å². The predicted octanol–water partition coefficient (Wildman–Crippen LogP) is 4.34. The van der Waals surface area contributed by atoms with E-state index in [4.69, 9.17) is 21.1 Å². The third kappa shape index (κ3) is 5.79. The SMILES string of the molecule is COc1ccccc1NC(=O)COc1ccc(/C=C2\C(=O)NC(=O)N(c3cc(Cl)ccc3C)C2=O)cc1. The summed E-state index contributed by atoms with van der Waals surface area (Å²) < 4.78 is 10.7. The average Bonchev–Trinajstić information content (AvgIpc) is 2.88. The fourth-order valence-corrected chi connectivity index (χ4v) is 3.78. The zero-order valence-electron chi connectivity index (χ0n) is 19.9. The highest BCUT2D eigenvalue weighted by Crippen LogP contribution is 2.28. The van der Waals surface area contributed by atoms with Gasteiger partial charge in [0.25, 0.3) is 17.7 Å². The Morgan fingerprint density at radius 3 is 2.51 bits per heavy atom. The zero-order valence-corrected chi connectivity index (χ0v) is 20.7. The van der Waals surface area contributed by atoms with Gasteiger partial charge >= 0.3 is 6.03 Å². The zero-order chi connectivity index (χ0) is 26.5. The number of ether oxygens (including phenoxy) is 2. The number of nitrogens with zero attached hydrogens (tertiary/aromatic N) is 1. The van der Waals surface area contributed by atoms with Crippen molar-refractivity contribution >= 4 is 52.8 Å². The molecule has 9 nitrogen and oxygen atoms in total. The minimum Gasteiger partial charge on any atom is -0.495 e. The van der Waals surface area contributed by atoms with Crippen molar-refractivity contribution < 1.29 is 28.7 Å². The molecule has 4 rings (SSSR count). The number of benzene rings is 3. The number of aryl methyl sites for hydroxylation is 1. The summed E-state index contributed by atoms with van der Waals surface area (Å²) in [5.41, 5.74) is 1.74. The van der Waals surface area contributed by atoms with Gasteiger partial charge in [-0.05, 0) is 60.5 Å². The largest absolute Gasteiger partial charge is 0.495 e. The molecule has 1 fully saturated rings. The lowest BCUT2D eigenvalue weighted by Crippen LogP contribution is -2.54. The number of urea groups is 1. The third-order valence-electron chi connectivity index (χ3n) is 5.46. The van der Waals surface area contributed by atoms with Crippen LogP contribution in [0.4, 0.5) is 16.2 Å². The molecule has 1 saturated heterocycles. The standard InChI is InChI=1S/C27H22ClN3O6/c1-16-7-10-18(28)14-22(16)31-26(34)20(25(33)30-27(31)35)13-17-8-11-19(12-9-17)37-15-24(32)29-21-5-3-4-6-23(21)36-2/h3-14H,15H2,1-2H3,(H,29,32)(H,30,33,35)/b20-13+. The molecule has 2 N–H and O–H groups in total. The topological polar surface area (TPSA) is 114 Å². The van der Waals surface area contributed by atoms with E-state index < -0.39 is 17.8 Å². The highest BCUT2D eigenvalue weighted by molar-refractivity contribution is 6.39. The van der Waals surface area contributed by atoms with Crippen molar-refractivity contribution in [2.75, 3.05) is 23.9 Å². The summed E-state index contributed by atoms with van der Waals surface area (Å²) in [4.78, 5) is 51.1. The quantitative estimate of drug-likeness (QED) is 0.354. The maximum absolute atomic E-state index is 13.1. The third-order valence-corrected chi connectivity index (χ3v) is 5.69. The Labute approximate surface area is 217 Å². The van der Waals surface area contributed by atoms with Crippen LogP contribution >= 0.6 is 11.6 Å². The van der Waals surface area contributed by atoms with E-state index in [1.165, 1.54) is 19.3 Å². The first kappa shape index (κ1) is 25.5. The summed E-state index contributed by atoms with van der Waals surface area (Å²) in [6.45, 7) is 1.48. The number of hydrogen-bond acceptors (Lipinski definition) is 6. The fraction of sp³-hybridized carbons (Fsp3) is 0.111. The van der Waals surface area contributed by atoms with E-state index in [2.05, 4.69) is 10.6 Å². The summed E-state index contributed by atoms with van der Waals surface area (Å²) in [5, 5.41) is 5.24. The van der Waals surface area contributed by atoms with E-state index in [1.54, 1.807) is 67.6 Å². The van der Waals surface area contributed by atoms with Crippen molar-refractivity contribution in [2.24, 2.45) is 0 Å². The van der Waals surface area contributed by atoms with Gasteiger partial charge in [0.1, 0.15) is 17.1 Å². The maximum atomic E-state index is 13.1. The summed E-state index contributed by atoms with van der Waals surface area (Å²) in [5.74, 6) is -1.02. The molecular weight excluding hydrogens is 498 g/mol. The van der Waals surface area contributed by atoms with Crippen LogP contribution in [-0.4, -0.2) is 37.5 Å². The number of carbonyl (C=O) groups is 4. The molecule has 0 aromatic heterocycles. The van der Waals surface area contributed by atoms with Crippen LogP contribution in [0.1, 0.15) is 11.1 Å². The lowest BCUT2D eigenvalue weighted by molar-refractivity contribution is -0.122. The van der Waals surface area contributed by atoms with Gasteiger partial charge in [0.2, 0.25) is 0 Å². The Hall–Kier alpha value is -4.63. The number of carbonyl (C=O) groups excluding carboxylic acids is 4. The molecule has 0 radical (unpaired) electrons. The Morgan fingerprint density at radius 1 is 1.05 bits per heavy atom. The number of barbiturate groups is 1. The van der Waals surface area contributed by atoms with Gasteiger partial charge in [-0.3, -0.25) is 19.7 Å². The van der Waals surface area contributed by atoms with Gasteiger partial charge in [-0.1, -0.05) is 41.9 Å². The van der Waals surface area contributed by atoms with Crippen LogP contribution in [0.15, 0.2) is 72.3 Å². The smallest absolute Gasteiger partial charge is 0.335 e. The first-order chi connectivity index (χ1) is 17.8. The van der Waals surface area contributed by atoms with Gasteiger partial charge in [-0.2, -0.15) is 0 Å². The van der Waals surface area contributed by atoms with E-state index in [0.717, 1.165) is 4.90 Å². The molecular formula is C27H22ClN3O6. The number of halogens is 1. The molecule has 5 amide bonds. The maximum Gasteiger partial charge on any atom is 0.335 e. The summed E-state index contributed by atoms with van der Waals surface area (Å²) >= 11 is 6.05. The molecule has 3 aromatic carbocycles. The van der Waals surface area contributed by atoms with Crippen LogP contribution in [0.25, 0.3) is 6.08 Å². The molecule has 0 aliphatic carbocycles. The second-order valence-electron chi connectivity index (χ2n) is 7.99.